The molecule has 0 radical (unpaired) electrons. The second kappa shape index (κ2) is 6.80. The molecule has 0 aromatic rings. The lowest BCUT2D eigenvalue weighted by Gasteiger charge is -2.25. The molecular formula is C8H21B2NO4S2. The van der Waals surface area contributed by atoms with Gasteiger partial charge in [0.2, 0.25) is 0 Å². The molecule has 0 aliphatic rings. The minimum absolute atomic E-state index is 0.0990. The van der Waals surface area contributed by atoms with Gasteiger partial charge in [0.05, 0.1) is 0 Å². The summed E-state index contributed by atoms with van der Waals surface area (Å²) in [6.45, 7) is 5.25. The Balaban J connectivity index is 5.06. The van der Waals surface area contributed by atoms with Crippen LogP contribution in [0, 0.1) is 0 Å². The Labute approximate surface area is 107 Å². The largest absolute Gasteiger partial charge is 0.295 e. The zero-order chi connectivity index (χ0) is 13.7. The number of unbranched alkanes of at least 4 members (excludes halogenated alkanes) is 1. The van der Waals surface area contributed by atoms with E-state index >= 15 is 0 Å². The highest BCUT2D eigenvalue weighted by molar-refractivity contribution is 8.24. The van der Waals surface area contributed by atoms with Gasteiger partial charge in [-0.1, -0.05) is 33.0 Å². The quantitative estimate of drug-likeness (QED) is 0.459. The molecule has 0 amide bonds. The summed E-state index contributed by atoms with van der Waals surface area (Å²) in [5, 5.41) is 0. The number of hydrogen-bond acceptors (Lipinski definition) is 4. The predicted octanol–water partition coefficient (Wildman–Crippen LogP) is -0.136. The van der Waals surface area contributed by atoms with Gasteiger partial charge in [0.1, 0.15) is 0 Å². The van der Waals surface area contributed by atoms with Gasteiger partial charge in [-0.3, -0.25) is 0 Å². The summed E-state index contributed by atoms with van der Waals surface area (Å²) in [6, 6.07) is -0.517. The molecule has 5 nitrogen and oxygen atoms in total. The van der Waals surface area contributed by atoms with Crippen molar-refractivity contribution >= 4 is 33.4 Å². The van der Waals surface area contributed by atoms with Crippen LogP contribution in [0.3, 0.4) is 0 Å². The van der Waals surface area contributed by atoms with Crippen molar-refractivity contribution < 1.29 is 16.8 Å². The van der Waals surface area contributed by atoms with E-state index < -0.39 is 25.8 Å². The standard InChI is InChI=1S/C8H21B2NO4S2/c1-4-6-7-10-17(14,15)11(8(3)5-2)16(9,12)13/h8,10H,4-7,9H2,1-3H3. The molecule has 100 valence electrons. The van der Waals surface area contributed by atoms with Crippen LogP contribution in [0.5, 0.6) is 0 Å². The fraction of sp³-hybridized carbons (Fsp3) is 1.00. The van der Waals surface area contributed by atoms with E-state index in [0.717, 1.165) is 20.0 Å². The van der Waals surface area contributed by atoms with Crippen LogP contribution in [-0.4, -0.2) is 40.3 Å². The molecule has 1 unspecified atom stereocenters. The van der Waals surface area contributed by atoms with Gasteiger partial charge in [0.15, 0.2) is 19.7 Å². The van der Waals surface area contributed by atoms with Crippen LogP contribution >= 0.6 is 0 Å². The lowest BCUT2D eigenvalue weighted by Crippen LogP contribution is -2.44. The van der Waals surface area contributed by atoms with Crippen LogP contribution in [0.15, 0.2) is 0 Å². The smallest absolute Gasteiger partial charge is 0.225 e. The van der Waals surface area contributed by atoms with E-state index in [0.29, 0.717) is 16.5 Å². The van der Waals surface area contributed by atoms with E-state index in [-0.39, 0.29) is 6.56 Å². The Morgan fingerprint density at radius 2 is 1.76 bits per heavy atom. The maximum Gasteiger partial charge on any atom is 0.295 e. The van der Waals surface area contributed by atoms with Gasteiger partial charge in [0.25, 0.3) is 13.7 Å². The molecule has 0 N–H and O–H groups in total. The minimum atomic E-state index is -3.73. The molecule has 0 spiro atoms. The Morgan fingerprint density at radius 1 is 1.24 bits per heavy atom. The van der Waals surface area contributed by atoms with Crippen LogP contribution in [0.4, 0.5) is 0 Å². The van der Waals surface area contributed by atoms with Gasteiger partial charge in [-0.15, -0.1) is 3.71 Å². The Bertz CT molecular complexity index is 421. The van der Waals surface area contributed by atoms with Gasteiger partial charge in [-0.25, -0.2) is 16.8 Å². The highest BCUT2D eigenvalue weighted by atomic mass is 32.3. The molecule has 0 aromatic heterocycles. The molecule has 0 rings (SSSR count). The van der Waals surface area contributed by atoms with Crippen molar-refractivity contribution in [3.05, 3.63) is 0 Å². The molecule has 0 bridgehead atoms. The van der Waals surface area contributed by atoms with Crippen LogP contribution in [0.2, 0.25) is 6.32 Å². The van der Waals surface area contributed by atoms with Gasteiger partial charge in [0, 0.05) is 6.04 Å². The van der Waals surface area contributed by atoms with E-state index in [2.05, 4.69) is 0 Å². The lowest BCUT2D eigenvalue weighted by molar-refractivity contribution is 0.446. The fourth-order valence-electron chi connectivity index (χ4n) is 1.58. The number of hydrogen-bond donors (Lipinski definition) is 0. The van der Waals surface area contributed by atoms with Gasteiger partial charge in [-0.2, -0.15) is 0 Å². The van der Waals surface area contributed by atoms with Crippen molar-refractivity contribution in [3.8, 4) is 0 Å². The predicted molar refractivity (Wildman–Crippen MR) is 74.8 cm³/mol. The summed E-state index contributed by atoms with van der Waals surface area (Å²) in [4.78, 5) is 0. The van der Waals surface area contributed by atoms with Crippen molar-refractivity contribution in [1.29, 1.82) is 0 Å². The first-order chi connectivity index (χ1) is 7.66. The van der Waals surface area contributed by atoms with Crippen molar-refractivity contribution in [2.45, 2.75) is 52.4 Å². The van der Waals surface area contributed by atoms with Crippen molar-refractivity contribution in [1.82, 2.24) is 3.71 Å². The Hall–Kier alpha value is -0.0101. The molecular weight excluding hydrogens is 260 g/mol. The highest BCUT2D eigenvalue weighted by Gasteiger charge is 2.33. The topological polar surface area (TPSA) is 71.5 Å². The summed E-state index contributed by atoms with van der Waals surface area (Å²) >= 11 is 0. The van der Waals surface area contributed by atoms with Crippen LogP contribution in [0.25, 0.3) is 0 Å². The Morgan fingerprint density at radius 3 is 2.12 bits per heavy atom. The third-order valence-corrected chi connectivity index (χ3v) is 6.78. The van der Waals surface area contributed by atoms with Crippen molar-refractivity contribution in [3.63, 3.8) is 0 Å². The van der Waals surface area contributed by atoms with Crippen LogP contribution in [-0.2, 0) is 19.7 Å². The average molecular weight is 281 g/mol. The number of rotatable bonds is 8. The monoisotopic (exact) mass is 281 g/mol. The molecule has 9 heteroatoms. The Kier molecular flexibility index (Phi) is 6.79. The lowest BCUT2D eigenvalue weighted by atomic mass is 9.99. The highest BCUT2D eigenvalue weighted by Crippen LogP contribution is 2.15. The van der Waals surface area contributed by atoms with Gasteiger partial charge in [-0.05, 0) is 13.3 Å². The molecule has 0 heterocycles. The molecule has 17 heavy (non-hydrogen) atoms. The summed E-state index contributed by atoms with van der Waals surface area (Å²) in [5.74, 6) is 0. The van der Waals surface area contributed by atoms with Gasteiger partial charge >= 0.3 is 0 Å². The maximum absolute atomic E-state index is 12.0. The SMILES string of the molecule is BS(=O)(=O)N(C(C)CC)S(=O)(=O)BCCCC. The molecule has 0 aromatic carbocycles. The van der Waals surface area contributed by atoms with Crippen molar-refractivity contribution in [2.24, 2.45) is 0 Å². The molecule has 0 aliphatic carbocycles. The van der Waals surface area contributed by atoms with E-state index in [1.807, 2.05) is 6.92 Å². The molecule has 1 atom stereocenters. The van der Waals surface area contributed by atoms with E-state index in [1.54, 1.807) is 13.8 Å². The first-order valence-corrected chi connectivity index (χ1v) is 9.34. The third-order valence-electron chi connectivity index (χ3n) is 2.56. The van der Waals surface area contributed by atoms with Gasteiger partial charge < -0.3 is 0 Å². The minimum Gasteiger partial charge on any atom is -0.225 e. The van der Waals surface area contributed by atoms with E-state index in [1.165, 1.54) is 0 Å². The van der Waals surface area contributed by atoms with Crippen LogP contribution in [0.1, 0.15) is 40.0 Å². The third kappa shape index (κ3) is 5.44. The fourth-order valence-corrected chi connectivity index (χ4v) is 5.70. The van der Waals surface area contributed by atoms with Crippen LogP contribution < -0.4 is 0 Å². The normalized spacial score (nSPS) is 14.8. The summed E-state index contributed by atoms with van der Waals surface area (Å²) in [5.41, 5.74) is 0. The second-order valence-electron chi connectivity index (χ2n) is 4.27. The summed E-state index contributed by atoms with van der Waals surface area (Å²) in [7, 11) is -6.50. The molecule has 0 fully saturated rings. The van der Waals surface area contributed by atoms with Crippen molar-refractivity contribution in [2.75, 3.05) is 0 Å². The average Bonchev–Trinajstić information content (AvgIpc) is 2.15. The molecule has 0 aliphatic heterocycles. The summed E-state index contributed by atoms with van der Waals surface area (Å²) < 4.78 is 47.8. The number of nitrogens with zero attached hydrogens (tertiary/aromatic N) is 1. The first kappa shape index (κ1) is 17.0. The second-order valence-corrected chi connectivity index (χ2v) is 8.32. The zero-order valence-electron chi connectivity index (χ0n) is 11.0. The first-order valence-electron chi connectivity index (χ1n) is 5.89. The molecule has 0 saturated carbocycles. The maximum atomic E-state index is 12.0. The van der Waals surface area contributed by atoms with E-state index in [4.69, 9.17) is 0 Å². The molecule has 0 saturated heterocycles. The summed E-state index contributed by atoms with van der Waals surface area (Å²) in [6.07, 6.45) is 2.66. The zero-order valence-corrected chi connectivity index (χ0v) is 12.6. The van der Waals surface area contributed by atoms with E-state index in [9.17, 15) is 16.8 Å².